The van der Waals surface area contributed by atoms with Crippen LogP contribution in [0, 0.1) is 12.8 Å². The van der Waals surface area contributed by atoms with Gasteiger partial charge in [-0.1, -0.05) is 42.5 Å². The van der Waals surface area contributed by atoms with E-state index in [0.717, 1.165) is 25.2 Å². The molecule has 2 aromatic carbocycles. The molecule has 4 saturated heterocycles. The number of amides is 1. The summed E-state index contributed by atoms with van der Waals surface area (Å²) < 4.78 is 0. The topological polar surface area (TPSA) is 43.8 Å². The number of likely N-dealkylation sites (tertiary alicyclic amines) is 1. The largest absolute Gasteiger partial charge is 0.507 e. The van der Waals surface area contributed by atoms with E-state index < -0.39 is 0 Å². The van der Waals surface area contributed by atoms with E-state index in [-0.39, 0.29) is 17.7 Å². The Morgan fingerprint density at radius 2 is 1.74 bits per heavy atom. The Morgan fingerprint density at radius 1 is 1.00 bits per heavy atom. The molecule has 6 rings (SSSR count). The fourth-order valence-corrected chi connectivity index (χ4v) is 5.63. The SMILES string of the molecule is Cc1cccc(C(=O)N2C[C@H](c3ccccc3)[C@H]3[C@@H]2C2CCN3CC2)c1O. The summed E-state index contributed by atoms with van der Waals surface area (Å²) in [4.78, 5) is 18.2. The minimum atomic E-state index is -0.0154. The van der Waals surface area contributed by atoms with Crippen molar-refractivity contribution < 1.29 is 9.90 Å². The average molecular weight is 362 g/mol. The van der Waals surface area contributed by atoms with Gasteiger partial charge in [-0.3, -0.25) is 9.69 Å². The number of hydrogen-bond donors (Lipinski definition) is 1. The zero-order valence-corrected chi connectivity index (χ0v) is 15.7. The van der Waals surface area contributed by atoms with E-state index in [1.807, 2.05) is 19.1 Å². The molecule has 0 spiro atoms. The lowest BCUT2D eigenvalue weighted by Crippen LogP contribution is -2.60. The molecule has 0 aromatic heterocycles. The average Bonchev–Trinajstić information content (AvgIpc) is 3.14. The number of carbonyl (C=O) groups is 1. The van der Waals surface area contributed by atoms with Crippen LogP contribution in [-0.2, 0) is 0 Å². The molecule has 0 radical (unpaired) electrons. The van der Waals surface area contributed by atoms with Crippen molar-refractivity contribution in [2.75, 3.05) is 19.6 Å². The van der Waals surface area contributed by atoms with Crippen molar-refractivity contribution in [1.82, 2.24) is 9.80 Å². The second kappa shape index (κ2) is 6.38. The summed E-state index contributed by atoms with van der Waals surface area (Å²) in [6, 6.07) is 16.8. The van der Waals surface area contributed by atoms with Gasteiger partial charge in [0.2, 0.25) is 0 Å². The van der Waals surface area contributed by atoms with Crippen molar-refractivity contribution in [1.29, 1.82) is 0 Å². The number of para-hydroxylation sites is 1. The number of aromatic hydroxyl groups is 1. The van der Waals surface area contributed by atoms with Crippen molar-refractivity contribution in [3.63, 3.8) is 0 Å². The van der Waals surface area contributed by atoms with E-state index >= 15 is 0 Å². The lowest BCUT2D eigenvalue weighted by atomic mass is 9.75. The van der Waals surface area contributed by atoms with Crippen LogP contribution in [-0.4, -0.2) is 52.5 Å². The Kier molecular flexibility index (Phi) is 3.97. The number of hydrogen-bond acceptors (Lipinski definition) is 3. The second-order valence-electron chi connectivity index (χ2n) is 8.30. The summed E-state index contributed by atoms with van der Waals surface area (Å²) in [5.74, 6) is 1.03. The van der Waals surface area contributed by atoms with Crippen LogP contribution in [0.4, 0.5) is 0 Å². The Bertz CT molecular complexity index is 858. The standard InChI is InChI=1S/C23H26N2O2/c1-15-6-5-9-18(22(15)26)23(27)25-14-19(16-7-3-2-4-8-16)21-20(25)17-10-12-24(21)13-11-17/h2-9,17,19-21,26H,10-14H2,1H3/t19-,20+,21+/m1/s1. The maximum atomic E-state index is 13.5. The number of nitrogens with zero attached hydrogens (tertiary/aromatic N) is 2. The minimum absolute atomic E-state index is 0.0154. The van der Waals surface area contributed by atoms with Gasteiger partial charge in [-0.05, 0) is 56.0 Å². The molecule has 2 bridgehead atoms. The molecule has 4 aliphatic heterocycles. The number of rotatable bonds is 2. The van der Waals surface area contributed by atoms with Crippen LogP contribution in [0.15, 0.2) is 48.5 Å². The number of phenolic OH excluding ortho intramolecular Hbond substituents is 1. The van der Waals surface area contributed by atoms with Crippen LogP contribution in [0.2, 0.25) is 0 Å². The molecule has 2 aromatic rings. The molecule has 0 aliphatic carbocycles. The van der Waals surface area contributed by atoms with E-state index in [4.69, 9.17) is 0 Å². The first-order valence-corrected chi connectivity index (χ1v) is 10.0. The van der Waals surface area contributed by atoms with Crippen molar-refractivity contribution in [2.24, 2.45) is 5.92 Å². The van der Waals surface area contributed by atoms with Crippen LogP contribution >= 0.6 is 0 Å². The van der Waals surface area contributed by atoms with Crippen LogP contribution < -0.4 is 0 Å². The number of fused-ring (bicyclic) bond motifs is 2. The Hall–Kier alpha value is -2.33. The molecule has 4 aliphatic rings. The summed E-state index contributed by atoms with van der Waals surface area (Å²) in [6.45, 7) is 4.87. The molecule has 1 N–H and O–H groups in total. The van der Waals surface area contributed by atoms with Crippen molar-refractivity contribution in [3.05, 3.63) is 65.2 Å². The molecular formula is C23H26N2O2. The zero-order valence-electron chi connectivity index (χ0n) is 15.7. The van der Waals surface area contributed by atoms with Gasteiger partial charge in [0.25, 0.3) is 5.91 Å². The highest BCUT2D eigenvalue weighted by Gasteiger charge is 2.54. The number of piperidine rings is 3. The summed E-state index contributed by atoms with van der Waals surface area (Å²) in [7, 11) is 0. The van der Waals surface area contributed by atoms with Gasteiger partial charge in [0.1, 0.15) is 5.75 Å². The fraction of sp³-hybridized carbons (Fsp3) is 0.435. The van der Waals surface area contributed by atoms with E-state index in [2.05, 4.69) is 40.1 Å². The first-order chi connectivity index (χ1) is 13.1. The molecular weight excluding hydrogens is 336 g/mol. The lowest BCUT2D eigenvalue weighted by Gasteiger charge is -2.51. The third-order valence-electron chi connectivity index (χ3n) is 6.95. The molecule has 1 amide bonds. The van der Waals surface area contributed by atoms with Crippen LogP contribution in [0.5, 0.6) is 5.75 Å². The van der Waals surface area contributed by atoms with E-state index in [1.165, 1.54) is 18.4 Å². The Labute approximate surface area is 160 Å². The quantitative estimate of drug-likeness (QED) is 0.890. The highest BCUT2D eigenvalue weighted by molar-refractivity contribution is 5.97. The number of phenols is 1. The van der Waals surface area contributed by atoms with Crippen LogP contribution in [0.25, 0.3) is 0 Å². The van der Waals surface area contributed by atoms with Gasteiger partial charge in [0, 0.05) is 18.5 Å². The Balaban J connectivity index is 1.55. The third-order valence-corrected chi connectivity index (χ3v) is 6.95. The summed E-state index contributed by atoms with van der Waals surface area (Å²) in [5, 5.41) is 10.5. The number of aryl methyl sites for hydroxylation is 1. The van der Waals surface area contributed by atoms with Crippen molar-refractivity contribution >= 4 is 5.91 Å². The third kappa shape index (κ3) is 2.58. The fourth-order valence-electron chi connectivity index (χ4n) is 5.63. The minimum Gasteiger partial charge on any atom is -0.507 e. The van der Waals surface area contributed by atoms with E-state index in [9.17, 15) is 9.90 Å². The second-order valence-corrected chi connectivity index (χ2v) is 8.30. The molecule has 140 valence electrons. The summed E-state index contributed by atoms with van der Waals surface area (Å²) in [6.07, 6.45) is 2.35. The van der Waals surface area contributed by atoms with Gasteiger partial charge in [0.15, 0.2) is 0 Å². The molecule has 27 heavy (non-hydrogen) atoms. The van der Waals surface area contributed by atoms with E-state index in [0.29, 0.717) is 23.4 Å². The first kappa shape index (κ1) is 16.8. The molecule has 4 heterocycles. The van der Waals surface area contributed by atoms with Crippen LogP contribution in [0.1, 0.15) is 40.2 Å². The van der Waals surface area contributed by atoms with Gasteiger partial charge in [-0.25, -0.2) is 0 Å². The van der Waals surface area contributed by atoms with Gasteiger partial charge in [-0.15, -0.1) is 0 Å². The predicted octanol–water partition coefficient (Wildman–Crippen LogP) is 3.40. The molecule has 0 unspecified atom stereocenters. The maximum absolute atomic E-state index is 13.5. The smallest absolute Gasteiger partial charge is 0.257 e. The maximum Gasteiger partial charge on any atom is 0.257 e. The first-order valence-electron chi connectivity index (χ1n) is 10.0. The number of carbonyl (C=O) groups excluding carboxylic acids is 1. The highest BCUT2D eigenvalue weighted by atomic mass is 16.3. The number of benzene rings is 2. The zero-order chi connectivity index (χ0) is 18.5. The molecule has 4 fully saturated rings. The van der Waals surface area contributed by atoms with Gasteiger partial charge in [0.05, 0.1) is 11.6 Å². The van der Waals surface area contributed by atoms with Crippen LogP contribution in [0.3, 0.4) is 0 Å². The summed E-state index contributed by atoms with van der Waals surface area (Å²) >= 11 is 0. The van der Waals surface area contributed by atoms with Gasteiger partial charge >= 0.3 is 0 Å². The molecule has 4 nitrogen and oxygen atoms in total. The molecule has 3 atom stereocenters. The predicted molar refractivity (Wildman–Crippen MR) is 105 cm³/mol. The molecule has 4 heteroatoms. The monoisotopic (exact) mass is 362 g/mol. The van der Waals surface area contributed by atoms with Crippen molar-refractivity contribution in [2.45, 2.75) is 37.8 Å². The Morgan fingerprint density at radius 3 is 2.48 bits per heavy atom. The van der Waals surface area contributed by atoms with Crippen molar-refractivity contribution in [3.8, 4) is 5.75 Å². The lowest BCUT2D eigenvalue weighted by molar-refractivity contribution is -0.00348. The normalized spacial score (nSPS) is 31.7. The van der Waals surface area contributed by atoms with E-state index in [1.54, 1.807) is 6.07 Å². The molecule has 0 saturated carbocycles. The van der Waals surface area contributed by atoms with Gasteiger partial charge in [-0.2, -0.15) is 0 Å². The highest BCUT2D eigenvalue weighted by Crippen LogP contribution is 2.47. The summed E-state index contributed by atoms with van der Waals surface area (Å²) in [5.41, 5.74) is 2.52. The van der Waals surface area contributed by atoms with Gasteiger partial charge < -0.3 is 10.0 Å².